The Labute approximate surface area is 167 Å². The molecular formula is C21H22N2O4S. The first kappa shape index (κ1) is 19.0. The molecule has 146 valence electrons. The number of nitrogens with zero attached hydrogens (tertiary/aromatic N) is 1. The van der Waals surface area contributed by atoms with Crippen LogP contribution in [0.15, 0.2) is 58.2 Å². The van der Waals surface area contributed by atoms with Crippen molar-refractivity contribution in [2.45, 2.75) is 36.6 Å². The van der Waals surface area contributed by atoms with Crippen LogP contribution in [0.3, 0.4) is 0 Å². The summed E-state index contributed by atoms with van der Waals surface area (Å²) in [6.07, 6.45) is 3.03. The topological polar surface area (TPSA) is 84.6 Å². The largest absolute Gasteiger partial charge is 0.467 e. The number of fused-ring (bicyclic) bond motifs is 1. The van der Waals surface area contributed by atoms with Gasteiger partial charge in [0, 0.05) is 17.2 Å². The lowest BCUT2D eigenvalue weighted by Crippen LogP contribution is -2.25. The molecule has 1 saturated carbocycles. The lowest BCUT2D eigenvalue weighted by Gasteiger charge is -2.12. The number of ether oxygens (including phenoxy) is 1. The molecule has 28 heavy (non-hydrogen) atoms. The van der Waals surface area contributed by atoms with E-state index in [9.17, 15) is 9.90 Å². The van der Waals surface area contributed by atoms with Crippen molar-refractivity contribution in [3.8, 4) is 0 Å². The maximum atomic E-state index is 12.6. The van der Waals surface area contributed by atoms with E-state index < -0.39 is 6.10 Å². The van der Waals surface area contributed by atoms with Crippen LogP contribution in [-0.4, -0.2) is 40.5 Å². The SMILES string of the molecule is O=C(NC1CC1)c1cc(SC[C@H](O)COCc2ccco2)nc2ccccc12. The average molecular weight is 398 g/mol. The van der Waals surface area contributed by atoms with E-state index in [4.69, 9.17) is 9.15 Å². The van der Waals surface area contributed by atoms with Crippen LogP contribution in [0.4, 0.5) is 0 Å². The summed E-state index contributed by atoms with van der Waals surface area (Å²) < 4.78 is 10.7. The minimum absolute atomic E-state index is 0.0646. The zero-order chi connectivity index (χ0) is 19.3. The van der Waals surface area contributed by atoms with Crippen LogP contribution in [0.2, 0.25) is 0 Å². The molecule has 0 unspecified atom stereocenters. The summed E-state index contributed by atoms with van der Waals surface area (Å²) in [6, 6.07) is 13.4. The quantitative estimate of drug-likeness (QED) is 0.538. The van der Waals surface area contributed by atoms with Gasteiger partial charge in [0.05, 0.1) is 35.1 Å². The number of pyridine rings is 1. The third-order valence-electron chi connectivity index (χ3n) is 4.41. The average Bonchev–Trinajstić information content (AvgIpc) is 3.36. The molecule has 2 N–H and O–H groups in total. The van der Waals surface area contributed by atoms with Gasteiger partial charge in [-0.1, -0.05) is 18.2 Å². The second kappa shape index (κ2) is 8.77. The number of carbonyl (C=O) groups is 1. The molecule has 1 aromatic carbocycles. The second-order valence-electron chi connectivity index (χ2n) is 6.83. The Kier molecular flexibility index (Phi) is 5.95. The number of hydrogen-bond donors (Lipinski definition) is 2. The van der Waals surface area contributed by atoms with Gasteiger partial charge >= 0.3 is 0 Å². The van der Waals surface area contributed by atoms with E-state index in [1.165, 1.54) is 11.8 Å². The standard InChI is InChI=1S/C21H22N2O4S/c24-15(11-26-12-16-4-3-9-27-16)13-28-20-10-18(21(25)22-14-7-8-14)17-5-1-2-6-19(17)23-20/h1-6,9-10,14-15,24H,7-8,11-13H2,(H,22,25)/t15-/m1/s1. The molecule has 6 nitrogen and oxygen atoms in total. The Hall–Kier alpha value is -2.35. The van der Waals surface area contributed by atoms with Gasteiger partial charge in [-0.25, -0.2) is 4.98 Å². The summed E-state index contributed by atoms with van der Waals surface area (Å²) >= 11 is 1.41. The molecule has 7 heteroatoms. The van der Waals surface area contributed by atoms with Gasteiger partial charge in [0.2, 0.25) is 0 Å². The fourth-order valence-electron chi connectivity index (χ4n) is 2.82. The molecule has 4 rings (SSSR count). The number of furan rings is 1. The zero-order valence-corrected chi connectivity index (χ0v) is 16.2. The third kappa shape index (κ3) is 4.92. The molecule has 1 amide bonds. The van der Waals surface area contributed by atoms with Crippen LogP contribution in [0, 0.1) is 0 Å². The monoisotopic (exact) mass is 398 g/mol. The van der Waals surface area contributed by atoms with Gasteiger partial charge in [-0.05, 0) is 37.1 Å². The molecule has 0 bridgehead atoms. The van der Waals surface area contributed by atoms with Crippen LogP contribution in [0.25, 0.3) is 10.9 Å². The number of rotatable bonds is 9. The molecule has 0 spiro atoms. The Morgan fingerprint density at radius 1 is 1.32 bits per heavy atom. The Bertz CT molecular complexity index is 941. The first-order valence-corrected chi connectivity index (χ1v) is 10.3. The fraction of sp³-hybridized carbons (Fsp3) is 0.333. The molecule has 1 aliphatic carbocycles. The van der Waals surface area contributed by atoms with E-state index in [1.807, 2.05) is 30.3 Å². The van der Waals surface area contributed by atoms with Crippen molar-refractivity contribution in [1.82, 2.24) is 10.3 Å². The molecule has 1 atom stereocenters. The van der Waals surface area contributed by atoms with Crippen molar-refractivity contribution in [1.29, 1.82) is 0 Å². The number of amides is 1. The summed E-state index contributed by atoms with van der Waals surface area (Å²) in [5, 5.41) is 14.8. The number of aliphatic hydroxyl groups excluding tert-OH is 1. The summed E-state index contributed by atoms with van der Waals surface area (Å²) in [5.74, 6) is 1.08. The molecule has 0 radical (unpaired) electrons. The van der Waals surface area contributed by atoms with Gasteiger partial charge < -0.3 is 19.6 Å². The van der Waals surface area contributed by atoms with E-state index in [2.05, 4.69) is 10.3 Å². The maximum Gasteiger partial charge on any atom is 0.252 e. The van der Waals surface area contributed by atoms with Gasteiger partial charge in [-0.15, -0.1) is 11.8 Å². The Morgan fingerprint density at radius 3 is 2.96 bits per heavy atom. The van der Waals surface area contributed by atoms with E-state index in [0.29, 0.717) is 29.0 Å². The molecule has 0 saturated heterocycles. The van der Waals surface area contributed by atoms with Crippen molar-refractivity contribution in [2.24, 2.45) is 0 Å². The first-order valence-electron chi connectivity index (χ1n) is 9.30. The molecule has 2 heterocycles. The van der Waals surface area contributed by atoms with Crippen LogP contribution >= 0.6 is 11.8 Å². The van der Waals surface area contributed by atoms with E-state index >= 15 is 0 Å². The second-order valence-corrected chi connectivity index (χ2v) is 7.87. The van der Waals surface area contributed by atoms with Gasteiger partial charge in [-0.2, -0.15) is 0 Å². The van der Waals surface area contributed by atoms with Crippen molar-refractivity contribution in [2.75, 3.05) is 12.4 Å². The van der Waals surface area contributed by atoms with Crippen molar-refractivity contribution < 1.29 is 19.1 Å². The fourth-order valence-corrected chi connectivity index (χ4v) is 3.65. The van der Waals surface area contributed by atoms with Crippen LogP contribution in [-0.2, 0) is 11.3 Å². The Morgan fingerprint density at radius 2 is 2.18 bits per heavy atom. The van der Waals surface area contributed by atoms with Gasteiger partial charge in [0.1, 0.15) is 12.4 Å². The number of hydrogen-bond acceptors (Lipinski definition) is 6. The minimum Gasteiger partial charge on any atom is -0.467 e. The number of benzene rings is 1. The molecule has 1 aliphatic rings. The first-order chi connectivity index (χ1) is 13.7. The molecule has 2 aromatic heterocycles. The number of nitrogens with one attached hydrogen (secondary N) is 1. The predicted octanol–water partition coefficient (Wildman–Crippen LogP) is 3.39. The van der Waals surface area contributed by atoms with Crippen LogP contribution in [0.1, 0.15) is 29.0 Å². The van der Waals surface area contributed by atoms with Crippen LogP contribution < -0.4 is 5.32 Å². The number of aromatic nitrogens is 1. The summed E-state index contributed by atoms with van der Waals surface area (Å²) in [7, 11) is 0. The summed E-state index contributed by atoms with van der Waals surface area (Å²) in [5.41, 5.74) is 1.40. The smallest absolute Gasteiger partial charge is 0.252 e. The summed E-state index contributed by atoms with van der Waals surface area (Å²) in [6.45, 7) is 0.532. The highest BCUT2D eigenvalue weighted by molar-refractivity contribution is 7.99. The van der Waals surface area contributed by atoms with Gasteiger partial charge in [0.15, 0.2) is 0 Å². The highest BCUT2D eigenvalue weighted by Gasteiger charge is 2.25. The van der Waals surface area contributed by atoms with Gasteiger partial charge in [-0.3, -0.25) is 4.79 Å². The van der Waals surface area contributed by atoms with E-state index in [1.54, 1.807) is 18.4 Å². The van der Waals surface area contributed by atoms with Crippen LogP contribution in [0.5, 0.6) is 0 Å². The summed E-state index contributed by atoms with van der Waals surface area (Å²) in [4.78, 5) is 17.2. The maximum absolute atomic E-state index is 12.6. The number of thioether (sulfide) groups is 1. The highest BCUT2D eigenvalue weighted by atomic mass is 32.2. The molecule has 0 aliphatic heterocycles. The zero-order valence-electron chi connectivity index (χ0n) is 15.3. The van der Waals surface area contributed by atoms with Crippen molar-refractivity contribution in [3.63, 3.8) is 0 Å². The lowest BCUT2D eigenvalue weighted by molar-refractivity contribution is 0.0328. The molecular weight excluding hydrogens is 376 g/mol. The predicted molar refractivity (Wildman–Crippen MR) is 107 cm³/mol. The number of aliphatic hydroxyl groups is 1. The number of carbonyl (C=O) groups excluding carboxylic acids is 1. The van der Waals surface area contributed by atoms with E-state index in [0.717, 1.165) is 29.5 Å². The van der Waals surface area contributed by atoms with Crippen molar-refractivity contribution >= 4 is 28.6 Å². The number of para-hydroxylation sites is 1. The molecule has 3 aromatic rings. The lowest BCUT2D eigenvalue weighted by atomic mass is 10.1. The van der Waals surface area contributed by atoms with Crippen molar-refractivity contribution in [3.05, 3.63) is 60.1 Å². The van der Waals surface area contributed by atoms with E-state index in [-0.39, 0.29) is 12.5 Å². The normalized spacial score (nSPS) is 14.9. The third-order valence-corrected chi connectivity index (χ3v) is 5.46. The highest BCUT2D eigenvalue weighted by Crippen LogP contribution is 2.26. The molecule has 1 fully saturated rings. The minimum atomic E-state index is -0.642. The van der Waals surface area contributed by atoms with Gasteiger partial charge in [0.25, 0.3) is 5.91 Å². The Balaban J connectivity index is 1.39.